The van der Waals surface area contributed by atoms with Crippen molar-refractivity contribution < 1.29 is 14.4 Å². The summed E-state index contributed by atoms with van der Waals surface area (Å²) in [6, 6.07) is 11.9. The highest BCUT2D eigenvalue weighted by molar-refractivity contribution is 6.42. The van der Waals surface area contributed by atoms with E-state index in [2.05, 4.69) is 27.9 Å². The van der Waals surface area contributed by atoms with Gasteiger partial charge in [-0.15, -0.1) is 0 Å². The van der Waals surface area contributed by atoms with E-state index in [1.165, 1.54) is 0 Å². The van der Waals surface area contributed by atoms with Crippen molar-refractivity contribution >= 4 is 45.8 Å². The van der Waals surface area contributed by atoms with Gasteiger partial charge in [-0.3, -0.25) is 4.79 Å². The molecule has 2 fully saturated rings. The smallest absolute Gasteiger partial charge is 0.227 e. The number of hydrogen-bond donors (Lipinski definition) is 1. The van der Waals surface area contributed by atoms with Gasteiger partial charge in [0.1, 0.15) is 11.6 Å². The number of nitrogens with zero attached hydrogens (tertiary/aromatic N) is 4. The van der Waals surface area contributed by atoms with Gasteiger partial charge in [-0.1, -0.05) is 34.4 Å². The molecule has 1 N–H and O–H groups in total. The first kappa shape index (κ1) is 27.3. The molecule has 1 saturated carbocycles. The van der Waals surface area contributed by atoms with Crippen LogP contribution in [0.4, 0.5) is 5.69 Å². The Bertz CT molecular complexity index is 1560. The minimum absolute atomic E-state index is 0.0530. The number of hydrogen-bond acceptors (Lipinski definition) is 5. The molecule has 1 amide bonds. The van der Waals surface area contributed by atoms with Crippen molar-refractivity contribution in [2.75, 3.05) is 4.90 Å². The van der Waals surface area contributed by atoms with Gasteiger partial charge in [0.2, 0.25) is 5.91 Å². The third-order valence-electron chi connectivity index (χ3n) is 8.64. The lowest BCUT2D eigenvalue weighted by Gasteiger charge is -2.37. The third-order valence-corrected chi connectivity index (χ3v) is 9.38. The number of carbonyl (C=O) groups is 1. The second-order valence-corrected chi connectivity index (χ2v) is 12.5. The molecule has 9 heteroatoms. The van der Waals surface area contributed by atoms with E-state index in [1.807, 2.05) is 31.7 Å². The van der Waals surface area contributed by atoms with Gasteiger partial charge in [-0.2, -0.15) is 0 Å². The standard InChI is InChI=1S/C31H34Cl2N4O3/c1-18-30(19(2)40-35-18)20-7-10-27-26(15-20)34-28(37(27)21-11-13-31(3,39)14-12-21)17-22-5-4-6-29(38)36(22)23-8-9-24(32)25(33)16-23/h7-10,15-16,21-22,39H,4-6,11-14,17H2,1-3H3/t21-,22-,31+/m0/s1. The lowest BCUT2D eigenvalue weighted by molar-refractivity contribution is -0.120. The molecule has 0 radical (unpaired) electrons. The number of benzene rings is 2. The molecule has 6 rings (SSSR count). The third kappa shape index (κ3) is 5.04. The van der Waals surface area contributed by atoms with Gasteiger partial charge in [0, 0.05) is 36.2 Å². The van der Waals surface area contributed by atoms with Gasteiger partial charge in [-0.25, -0.2) is 4.98 Å². The van der Waals surface area contributed by atoms with Gasteiger partial charge in [-0.05, 0) is 95.2 Å². The second kappa shape index (κ2) is 10.5. The first-order valence-corrected chi connectivity index (χ1v) is 14.8. The number of aromatic nitrogens is 3. The van der Waals surface area contributed by atoms with Crippen molar-refractivity contribution in [3.05, 3.63) is 63.7 Å². The number of halogens is 2. The maximum atomic E-state index is 13.2. The largest absolute Gasteiger partial charge is 0.390 e. The number of aliphatic hydroxyl groups is 1. The zero-order valence-electron chi connectivity index (χ0n) is 23.1. The second-order valence-electron chi connectivity index (χ2n) is 11.6. The first-order chi connectivity index (χ1) is 19.1. The average molecular weight is 582 g/mol. The fourth-order valence-electron chi connectivity index (χ4n) is 6.57. The topological polar surface area (TPSA) is 84.4 Å². The molecule has 4 aromatic rings. The van der Waals surface area contributed by atoms with E-state index in [9.17, 15) is 9.90 Å². The quantitative estimate of drug-likeness (QED) is 0.262. The Labute approximate surface area is 244 Å². The number of fused-ring (bicyclic) bond motifs is 1. The van der Waals surface area contributed by atoms with Gasteiger partial charge in [0.05, 0.1) is 32.4 Å². The van der Waals surface area contributed by atoms with Crippen LogP contribution in [0.3, 0.4) is 0 Å². The predicted octanol–water partition coefficient (Wildman–Crippen LogP) is 7.61. The Morgan fingerprint density at radius 3 is 2.55 bits per heavy atom. The molecule has 0 unspecified atom stereocenters. The minimum Gasteiger partial charge on any atom is -0.390 e. The molecule has 3 heterocycles. The average Bonchev–Trinajstić information content (AvgIpc) is 3.44. The summed E-state index contributed by atoms with van der Waals surface area (Å²) in [5.41, 5.74) is 4.98. The van der Waals surface area contributed by atoms with Gasteiger partial charge >= 0.3 is 0 Å². The predicted molar refractivity (Wildman–Crippen MR) is 158 cm³/mol. The van der Waals surface area contributed by atoms with Crippen LogP contribution in [0.2, 0.25) is 10.0 Å². The lowest BCUT2D eigenvalue weighted by Crippen LogP contribution is -2.45. The number of aryl methyl sites for hydroxylation is 2. The summed E-state index contributed by atoms with van der Waals surface area (Å²) in [6.45, 7) is 5.80. The summed E-state index contributed by atoms with van der Waals surface area (Å²) < 4.78 is 7.80. The summed E-state index contributed by atoms with van der Waals surface area (Å²) in [5.74, 6) is 1.83. The molecule has 210 valence electrons. The molecular formula is C31H34Cl2N4O3. The Morgan fingerprint density at radius 2 is 1.85 bits per heavy atom. The molecule has 1 aliphatic heterocycles. The van der Waals surface area contributed by atoms with Gasteiger partial charge < -0.3 is 19.1 Å². The summed E-state index contributed by atoms with van der Waals surface area (Å²) in [7, 11) is 0. The molecule has 0 bridgehead atoms. The van der Waals surface area contributed by atoms with E-state index in [0.717, 1.165) is 83.7 Å². The van der Waals surface area contributed by atoms with Crippen LogP contribution in [0.15, 0.2) is 40.9 Å². The van der Waals surface area contributed by atoms with Gasteiger partial charge in [0.15, 0.2) is 0 Å². The Kier molecular flexibility index (Phi) is 7.18. The van der Waals surface area contributed by atoms with E-state index in [0.29, 0.717) is 22.9 Å². The molecule has 2 aromatic carbocycles. The minimum atomic E-state index is -0.635. The molecule has 1 saturated heterocycles. The number of imidazole rings is 1. The van der Waals surface area contributed by atoms with Crippen molar-refractivity contribution in [3.8, 4) is 11.1 Å². The van der Waals surface area contributed by atoms with Crippen LogP contribution in [0.5, 0.6) is 0 Å². The number of piperidine rings is 1. The Balaban J connectivity index is 1.42. The molecule has 40 heavy (non-hydrogen) atoms. The summed E-state index contributed by atoms with van der Waals surface area (Å²) >= 11 is 12.5. The molecule has 1 aliphatic carbocycles. The van der Waals surface area contributed by atoms with Crippen molar-refractivity contribution in [3.63, 3.8) is 0 Å². The van der Waals surface area contributed by atoms with Crippen LogP contribution in [0.1, 0.15) is 75.2 Å². The van der Waals surface area contributed by atoms with Crippen LogP contribution in [0.25, 0.3) is 22.2 Å². The van der Waals surface area contributed by atoms with Crippen LogP contribution >= 0.6 is 23.2 Å². The highest BCUT2D eigenvalue weighted by Crippen LogP contribution is 2.40. The fraction of sp³-hybridized carbons (Fsp3) is 0.452. The summed E-state index contributed by atoms with van der Waals surface area (Å²) in [4.78, 5) is 20.3. The van der Waals surface area contributed by atoms with Crippen molar-refractivity contribution in [2.24, 2.45) is 0 Å². The van der Waals surface area contributed by atoms with E-state index in [1.54, 1.807) is 12.1 Å². The van der Waals surface area contributed by atoms with Crippen LogP contribution in [0, 0.1) is 13.8 Å². The molecule has 7 nitrogen and oxygen atoms in total. The van der Waals surface area contributed by atoms with Crippen molar-refractivity contribution in [1.29, 1.82) is 0 Å². The number of anilines is 1. The molecular weight excluding hydrogens is 547 g/mol. The Hall–Kier alpha value is -2.87. The molecule has 0 spiro atoms. The lowest BCUT2D eigenvalue weighted by atomic mass is 9.83. The van der Waals surface area contributed by atoms with E-state index in [-0.39, 0.29) is 18.0 Å². The normalized spacial score (nSPS) is 23.8. The number of carbonyl (C=O) groups excluding carboxylic acids is 1. The zero-order chi connectivity index (χ0) is 28.2. The highest BCUT2D eigenvalue weighted by Gasteiger charge is 2.34. The SMILES string of the molecule is Cc1noc(C)c1-c1ccc2c(c1)nc(C[C@@H]1CCCC(=O)N1c1ccc(Cl)c(Cl)c1)n2[C@H]1CC[C@@](C)(O)CC1. The van der Waals surface area contributed by atoms with Crippen LogP contribution in [-0.4, -0.2) is 37.4 Å². The number of amides is 1. The fourth-order valence-corrected chi connectivity index (χ4v) is 6.86. The van der Waals surface area contributed by atoms with E-state index < -0.39 is 5.60 Å². The molecule has 2 aromatic heterocycles. The molecule has 1 atom stereocenters. The zero-order valence-corrected chi connectivity index (χ0v) is 24.6. The monoisotopic (exact) mass is 580 g/mol. The number of rotatable bonds is 5. The maximum absolute atomic E-state index is 13.2. The van der Waals surface area contributed by atoms with Crippen LogP contribution < -0.4 is 4.90 Å². The van der Waals surface area contributed by atoms with Gasteiger partial charge in [0.25, 0.3) is 0 Å². The summed E-state index contributed by atoms with van der Waals surface area (Å²) in [5, 5.41) is 15.7. The van der Waals surface area contributed by atoms with Crippen molar-refractivity contribution in [2.45, 2.75) is 89.8 Å². The van der Waals surface area contributed by atoms with Crippen molar-refractivity contribution in [1.82, 2.24) is 14.7 Å². The molecule has 2 aliphatic rings. The van der Waals surface area contributed by atoms with Crippen LogP contribution in [-0.2, 0) is 11.2 Å². The Morgan fingerprint density at radius 1 is 1.07 bits per heavy atom. The first-order valence-electron chi connectivity index (χ1n) is 14.0. The maximum Gasteiger partial charge on any atom is 0.227 e. The highest BCUT2D eigenvalue weighted by atomic mass is 35.5. The van der Waals surface area contributed by atoms with E-state index >= 15 is 0 Å². The van der Waals surface area contributed by atoms with E-state index in [4.69, 9.17) is 32.7 Å². The summed E-state index contributed by atoms with van der Waals surface area (Å²) in [6.07, 6.45) is 6.06.